The Bertz CT molecular complexity index is 455. The predicted octanol–water partition coefficient (Wildman–Crippen LogP) is 2.57. The number of rotatable bonds is 4. The van der Waals surface area contributed by atoms with Crippen LogP contribution in [0.1, 0.15) is 38.2 Å². The number of piperidine rings is 1. The van der Waals surface area contributed by atoms with Crippen LogP contribution in [0.5, 0.6) is 0 Å². The quantitative estimate of drug-likeness (QED) is 0.913. The highest BCUT2D eigenvalue weighted by molar-refractivity contribution is 5.82. The van der Waals surface area contributed by atoms with Crippen LogP contribution in [-0.4, -0.2) is 29.4 Å². The van der Waals surface area contributed by atoms with Crippen molar-refractivity contribution in [3.63, 3.8) is 0 Å². The van der Waals surface area contributed by atoms with E-state index in [0.717, 1.165) is 19.5 Å². The molecule has 1 heterocycles. The first-order valence-electron chi connectivity index (χ1n) is 7.82. The van der Waals surface area contributed by atoms with Crippen LogP contribution in [0.25, 0.3) is 0 Å². The fourth-order valence-corrected chi connectivity index (χ4v) is 3.05. The average molecular weight is 272 g/mol. The Kier molecular flexibility index (Phi) is 4.06. The molecule has 0 bridgehead atoms. The molecule has 3 nitrogen and oxygen atoms in total. The molecule has 108 valence electrons. The van der Waals surface area contributed by atoms with E-state index < -0.39 is 0 Å². The van der Waals surface area contributed by atoms with E-state index in [-0.39, 0.29) is 6.04 Å². The molecule has 3 heteroatoms. The van der Waals surface area contributed by atoms with Crippen LogP contribution in [0.4, 0.5) is 0 Å². The SMILES string of the molecule is CC1CCNC(C(=O)N(Cc2ccccc2)C2CC2)C1. The summed E-state index contributed by atoms with van der Waals surface area (Å²) < 4.78 is 0. The summed E-state index contributed by atoms with van der Waals surface area (Å²) in [5, 5.41) is 3.41. The van der Waals surface area contributed by atoms with Gasteiger partial charge in [0.2, 0.25) is 5.91 Å². The van der Waals surface area contributed by atoms with Gasteiger partial charge in [0, 0.05) is 12.6 Å². The number of carbonyl (C=O) groups is 1. The van der Waals surface area contributed by atoms with Crippen LogP contribution in [-0.2, 0) is 11.3 Å². The lowest BCUT2D eigenvalue weighted by Gasteiger charge is -2.32. The minimum atomic E-state index is 0.0306. The molecule has 1 aromatic rings. The topological polar surface area (TPSA) is 32.3 Å². The fraction of sp³-hybridized carbons (Fsp3) is 0.588. The summed E-state index contributed by atoms with van der Waals surface area (Å²) in [6.45, 7) is 3.98. The van der Waals surface area contributed by atoms with Gasteiger partial charge in [-0.15, -0.1) is 0 Å². The van der Waals surface area contributed by atoms with E-state index in [1.54, 1.807) is 0 Å². The lowest BCUT2D eigenvalue weighted by molar-refractivity contribution is -0.135. The summed E-state index contributed by atoms with van der Waals surface area (Å²) in [5.41, 5.74) is 1.23. The maximum Gasteiger partial charge on any atom is 0.240 e. The summed E-state index contributed by atoms with van der Waals surface area (Å²) in [4.78, 5) is 14.9. The summed E-state index contributed by atoms with van der Waals surface area (Å²) in [7, 11) is 0. The third kappa shape index (κ3) is 3.21. The van der Waals surface area contributed by atoms with Gasteiger partial charge < -0.3 is 10.2 Å². The molecule has 2 fully saturated rings. The summed E-state index contributed by atoms with van der Waals surface area (Å²) >= 11 is 0. The minimum absolute atomic E-state index is 0.0306. The minimum Gasteiger partial charge on any atom is -0.334 e. The summed E-state index contributed by atoms with van der Waals surface area (Å²) in [5.74, 6) is 0.964. The molecular weight excluding hydrogens is 248 g/mol. The Hall–Kier alpha value is -1.35. The zero-order valence-corrected chi connectivity index (χ0v) is 12.2. The van der Waals surface area contributed by atoms with E-state index in [2.05, 4.69) is 29.3 Å². The smallest absolute Gasteiger partial charge is 0.240 e. The van der Waals surface area contributed by atoms with Gasteiger partial charge in [-0.3, -0.25) is 4.79 Å². The van der Waals surface area contributed by atoms with Crippen LogP contribution < -0.4 is 5.32 Å². The van der Waals surface area contributed by atoms with E-state index in [0.29, 0.717) is 17.9 Å². The van der Waals surface area contributed by atoms with Crippen molar-refractivity contribution in [2.75, 3.05) is 6.54 Å². The molecule has 20 heavy (non-hydrogen) atoms. The summed E-state index contributed by atoms with van der Waals surface area (Å²) in [6, 6.07) is 10.8. The number of benzene rings is 1. The third-order valence-electron chi connectivity index (χ3n) is 4.43. The highest BCUT2D eigenvalue weighted by Crippen LogP contribution is 2.30. The van der Waals surface area contributed by atoms with E-state index in [1.807, 2.05) is 18.2 Å². The molecule has 3 rings (SSSR count). The van der Waals surface area contributed by atoms with Crippen molar-refractivity contribution < 1.29 is 4.79 Å². The number of hydrogen-bond acceptors (Lipinski definition) is 2. The molecule has 1 amide bonds. The number of hydrogen-bond donors (Lipinski definition) is 1. The Labute approximate surface area is 121 Å². The van der Waals surface area contributed by atoms with E-state index in [4.69, 9.17) is 0 Å². The molecule has 0 spiro atoms. The van der Waals surface area contributed by atoms with Crippen LogP contribution in [0, 0.1) is 5.92 Å². The number of nitrogens with zero attached hydrogens (tertiary/aromatic N) is 1. The van der Waals surface area contributed by atoms with Crippen molar-refractivity contribution in [3.05, 3.63) is 35.9 Å². The normalized spacial score (nSPS) is 26.2. The molecule has 0 aromatic heterocycles. The highest BCUT2D eigenvalue weighted by atomic mass is 16.2. The lowest BCUT2D eigenvalue weighted by Crippen LogP contribution is -2.50. The highest BCUT2D eigenvalue weighted by Gasteiger charge is 2.36. The van der Waals surface area contributed by atoms with Crippen LogP contribution in [0.3, 0.4) is 0 Å². The molecule has 1 saturated carbocycles. The first kappa shape index (κ1) is 13.6. The maximum atomic E-state index is 12.8. The van der Waals surface area contributed by atoms with Crippen LogP contribution in [0.2, 0.25) is 0 Å². The van der Waals surface area contributed by atoms with Gasteiger partial charge >= 0.3 is 0 Å². The van der Waals surface area contributed by atoms with Crippen LogP contribution in [0.15, 0.2) is 30.3 Å². The van der Waals surface area contributed by atoms with Crippen LogP contribution >= 0.6 is 0 Å². The first-order chi connectivity index (χ1) is 9.74. The van der Waals surface area contributed by atoms with E-state index in [1.165, 1.54) is 24.8 Å². The predicted molar refractivity (Wildman–Crippen MR) is 80.2 cm³/mol. The van der Waals surface area contributed by atoms with E-state index >= 15 is 0 Å². The van der Waals surface area contributed by atoms with Gasteiger partial charge in [0.1, 0.15) is 0 Å². The monoisotopic (exact) mass is 272 g/mol. The molecule has 2 unspecified atom stereocenters. The second-order valence-corrected chi connectivity index (χ2v) is 6.32. The van der Waals surface area contributed by atoms with Crippen molar-refractivity contribution in [2.45, 2.75) is 51.2 Å². The molecule has 1 N–H and O–H groups in total. The fourth-order valence-electron chi connectivity index (χ4n) is 3.05. The van der Waals surface area contributed by atoms with Gasteiger partial charge in [-0.1, -0.05) is 37.3 Å². The van der Waals surface area contributed by atoms with Crippen molar-refractivity contribution in [2.24, 2.45) is 5.92 Å². The standard InChI is InChI=1S/C17H24N2O/c1-13-9-10-18-16(11-13)17(20)19(15-7-8-15)12-14-5-3-2-4-6-14/h2-6,13,15-16,18H,7-12H2,1H3. The molecule has 1 saturated heterocycles. The molecule has 1 aliphatic heterocycles. The number of nitrogens with one attached hydrogen (secondary N) is 1. The zero-order chi connectivity index (χ0) is 13.9. The number of carbonyl (C=O) groups excluding carboxylic acids is 1. The van der Waals surface area contributed by atoms with Gasteiger partial charge in [0.25, 0.3) is 0 Å². The molecule has 0 radical (unpaired) electrons. The first-order valence-corrected chi connectivity index (χ1v) is 7.82. The number of amides is 1. The molecular formula is C17H24N2O. The van der Waals surface area contributed by atoms with Gasteiger partial charge in [0.15, 0.2) is 0 Å². The molecule has 2 atom stereocenters. The molecule has 1 aromatic carbocycles. The van der Waals surface area contributed by atoms with E-state index in [9.17, 15) is 4.79 Å². The maximum absolute atomic E-state index is 12.8. The van der Waals surface area contributed by atoms with Gasteiger partial charge in [-0.05, 0) is 43.7 Å². The van der Waals surface area contributed by atoms with Crippen molar-refractivity contribution in [1.82, 2.24) is 10.2 Å². The van der Waals surface area contributed by atoms with Gasteiger partial charge in [0.05, 0.1) is 6.04 Å². The average Bonchev–Trinajstić information content (AvgIpc) is 3.30. The Morgan fingerprint density at radius 2 is 2.00 bits per heavy atom. The second kappa shape index (κ2) is 5.96. The Balaban J connectivity index is 1.68. The van der Waals surface area contributed by atoms with Crippen molar-refractivity contribution >= 4 is 5.91 Å². The Morgan fingerprint density at radius 1 is 1.25 bits per heavy atom. The zero-order valence-electron chi connectivity index (χ0n) is 12.2. The second-order valence-electron chi connectivity index (χ2n) is 6.32. The third-order valence-corrected chi connectivity index (χ3v) is 4.43. The lowest BCUT2D eigenvalue weighted by atomic mass is 9.93. The Morgan fingerprint density at radius 3 is 2.65 bits per heavy atom. The van der Waals surface area contributed by atoms with Crippen molar-refractivity contribution in [1.29, 1.82) is 0 Å². The molecule has 1 aliphatic carbocycles. The molecule has 2 aliphatic rings. The summed E-state index contributed by atoms with van der Waals surface area (Å²) in [6.07, 6.45) is 4.50. The van der Waals surface area contributed by atoms with Gasteiger partial charge in [-0.2, -0.15) is 0 Å². The van der Waals surface area contributed by atoms with Gasteiger partial charge in [-0.25, -0.2) is 0 Å². The largest absolute Gasteiger partial charge is 0.334 e. The van der Waals surface area contributed by atoms with Crippen molar-refractivity contribution in [3.8, 4) is 0 Å².